The highest BCUT2D eigenvalue weighted by molar-refractivity contribution is 9.10. The van der Waals surface area contributed by atoms with Gasteiger partial charge in [-0.1, -0.05) is 39.8 Å². The lowest BCUT2D eigenvalue weighted by molar-refractivity contribution is -0.0931. The average molecular weight is 329 g/mol. The Bertz CT molecular complexity index is 478. The van der Waals surface area contributed by atoms with Crippen LogP contribution in [0.2, 0.25) is 0 Å². The Balaban J connectivity index is 2.49. The van der Waals surface area contributed by atoms with Gasteiger partial charge in [0.15, 0.2) is 0 Å². The second-order valence-electron chi connectivity index (χ2n) is 7.49. The molecular weight excluding hydrogens is 307 g/mol. The van der Waals surface area contributed by atoms with Crippen molar-refractivity contribution in [3.63, 3.8) is 0 Å². The third kappa shape index (κ3) is 3.03. The van der Waals surface area contributed by atoms with Crippen molar-refractivity contribution in [3.05, 3.63) is 34.1 Å². The molecule has 19 heavy (non-hydrogen) atoms. The second kappa shape index (κ2) is 4.56. The summed E-state index contributed by atoms with van der Waals surface area (Å²) in [5.74, 6) is -0.335. The third-order valence-electron chi connectivity index (χ3n) is 3.95. The molecule has 106 valence electrons. The fraction of sp³-hybridized carbons (Fsp3) is 0.625. The van der Waals surface area contributed by atoms with Crippen molar-refractivity contribution in [3.8, 4) is 0 Å². The molecule has 0 unspecified atom stereocenters. The molecule has 1 fully saturated rings. The minimum atomic E-state index is -1.08. The van der Waals surface area contributed by atoms with Crippen molar-refractivity contribution in [2.75, 3.05) is 0 Å². The van der Waals surface area contributed by atoms with Gasteiger partial charge in [0.25, 0.3) is 0 Å². The molecule has 0 bridgehead atoms. The molecule has 1 N–H and O–H groups in total. The van der Waals surface area contributed by atoms with Gasteiger partial charge in [-0.15, -0.1) is 0 Å². The fourth-order valence-electron chi connectivity index (χ4n) is 4.12. The van der Waals surface area contributed by atoms with Gasteiger partial charge in [0, 0.05) is 5.56 Å². The van der Waals surface area contributed by atoms with Gasteiger partial charge in [-0.25, -0.2) is 4.39 Å². The summed E-state index contributed by atoms with van der Waals surface area (Å²) in [5, 5.41) is 11.1. The number of benzene rings is 1. The summed E-state index contributed by atoms with van der Waals surface area (Å²) < 4.78 is 14.7. The highest BCUT2D eigenvalue weighted by atomic mass is 79.9. The topological polar surface area (TPSA) is 20.2 Å². The minimum Gasteiger partial charge on any atom is -0.385 e. The Morgan fingerprint density at radius 2 is 1.58 bits per heavy atom. The van der Waals surface area contributed by atoms with Gasteiger partial charge in [0.2, 0.25) is 0 Å². The molecule has 0 saturated heterocycles. The van der Waals surface area contributed by atoms with Crippen LogP contribution in [0.5, 0.6) is 0 Å². The van der Waals surface area contributed by atoms with Crippen molar-refractivity contribution in [2.24, 2.45) is 10.8 Å². The van der Waals surface area contributed by atoms with Crippen LogP contribution in [0.25, 0.3) is 0 Å². The zero-order chi connectivity index (χ0) is 14.5. The predicted octanol–water partition coefficient (Wildman–Crippen LogP) is 5.01. The van der Waals surface area contributed by atoms with Gasteiger partial charge < -0.3 is 5.11 Å². The van der Waals surface area contributed by atoms with E-state index in [1.807, 2.05) is 0 Å². The quantitative estimate of drug-likeness (QED) is 0.768. The zero-order valence-corrected chi connectivity index (χ0v) is 13.6. The van der Waals surface area contributed by atoms with E-state index in [0.717, 1.165) is 6.42 Å². The van der Waals surface area contributed by atoms with E-state index in [0.29, 0.717) is 22.9 Å². The maximum absolute atomic E-state index is 14.3. The molecule has 0 aliphatic heterocycles. The number of hydrogen-bond acceptors (Lipinski definition) is 1. The van der Waals surface area contributed by atoms with Crippen LogP contribution in [-0.2, 0) is 5.60 Å². The minimum absolute atomic E-state index is 0.00522. The Hall–Kier alpha value is -0.410. The van der Waals surface area contributed by atoms with Gasteiger partial charge >= 0.3 is 0 Å². The second-order valence-corrected chi connectivity index (χ2v) is 8.35. The van der Waals surface area contributed by atoms with E-state index in [-0.39, 0.29) is 16.6 Å². The van der Waals surface area contributed by atoms with Crippen LogP contribution in [-0.4, -0.2) is 5.11 Å². The first kappa shape index (κ1) is 15.0. The molecule has 0 amide bonds. The standard InChI is InChI=1S/C16H22BrFO/c1-14(2)8-15(3,4)10-16(19,9-14)11-6-5-7-12(17)13(11)18/h5-7,19H,8-10H2,1-4H3. The van der Waals surface area contributed by atoms with Gasteiger partial charge in [-0.05, 0) is 52.1 Å². The van der Waals surface area contributed by atoms with Crippen LogP contribution in [0.1, 0.15) is 52.5 Å². The highest BCUT2D eigenvalue weighted by Gasteiger charge is 2.48. The molecule has 2 rings (SSSR count). The number of halogens is 2. The van der Waals surface area contributed by atoms with Crippen LogP contribution in [0.4, 0.5) is 4.39 Å². The molecule has 1 aliphatic rings. The summed E-state index contributed by atoms with van der Waals surface area (Å²) in [6.45, 7) is 8.59. The van der Waals surface area contributed by atoms with E-state index in [1.165, 1.54) is 0 Å². The molecule has 1 aromatic carbocycles. The van der Waals surface area contributed by atoms with Crippen molar-refractivity contribution in [1.29, 1.82) is 0 Å². The molecule has 1 aromatic rings. The first-order valence-electron chi connectivity index (χ1n) is 6.72. The van der Waals surface area contributed by atoms with Crippen molar-refractivity contribution in [2.45, 2.75) is 52.6 Å². The van der Waals surface area contributed by atoms with Gasteiger partial charge in [-0.2, -0.15) is 0 Å². The van der Waals surface area contributed by atoms with Crippen LogP contribution in [0.3, 0.4) is 0 Å². The molecule has 0 heterocycles. The summed E-state index contributed by atoms with van der Waals surface area (Å²) in [4.78, 5) is 0. The summed E-state index contributed by atoms with van der Waals surface area (Å²) in [7, 11) is 0. The van der Waals surface area contributed by atoms with Gasteiger partial charge in [-0.3, -0.25) is 0 Å². The maximum Gasteiger partial charge on any atom is 0.143 e. The number of hydrogen-bond donors (Lipinski definition) is 1. The monoisotopic (exact) mass is 328 g/mol. The molecule has 3 heteroatoms. The highest BCUT2D eigenvalue weighted by Crippen LogP contribution is 2.54. The van der Waals surface area contributed by atoms with E-state index in [4.69, 9.17) is 0 Å². The van der Waals surface area contributed by atoms with Crippen LogP contribution < -0.4 is 0 Å². The lowest BCUT2D eigenvalue weighted by Crippen LogP contribution is -2.44. The van der Waals surface area contributed by atoms with Crippen LogP contribution >= 0.6 is 15.9 Å². The third-order valence-corrected chi connectivity index (χ3v) is 4.56. The molecule has 0 aromatic heterocycles. The van der Waals surface area contributed by atoms with E-state index in [1.54, 1.807) is 18.2 Å². The Morgan fingerprint density at radius 1 is 1.05 bits per heavy atom. The van der Waals surface area contributed by atoms with Crippen LogP contribution in [0.15, 0.2) is 22.7 Å². The molecule has 0 atom stereocenters. The van der Waals surface area contributed by atoms with E-state index < -0.39 is 5.60 Å². The van der Waals surface area contributed by atoms with Crippen molar-refractivity contribution < 1.29 is 9.50 Å². The van der Waals surface area contributed by atoms with Crippen LogP contribution in [0, 0.1) is 16.6 Å². The molecule has 1 saturated carbocycles. The molecule has 1 aliphatic carbocycles. The van der Waals surface area contributed by atoms with Gasteiger partial charge in [0.1, 0.15) is 5.82 Å². The molecular formula is C16H22BrFO. The van der Waals surface area contributed by atoms with Crippen molar-refractivity contribution >= 4 is 15.9 Å². The Labute approximate surface area is 123 Å². The lowest BCUT2D eigenvalue weighted by Gasteiger charge is -2.49. The molecule has 1 nitrogen and oxygen atoms in total. The SMILES string of the molecule is CC1(C)CC(C)(C)CC(O)(c2cccc(Br)c2F)C1. The predicted molar refractivity (Wildman–Crippen MR) is 79.4 cm³/mol. The summed E-state index contributed by atoms with van der Waals surface area (Å²) in [6, 6.07) is 5.16. The number of aliphatic hydroxyl groups is 1. The maximum atomic E-state index is 14.3. The van der Waals surface area contributed by atoms with E-state index in [2.05, 4.69) is 43.6 Å². The fourth-order valence-corrected chi connectivity index (χ4v) is 4.49. The first-order chi connectivity index (χ1) is 8.55. The average Bonchev–Trinajstić information content (AvgIpc) is 2.16. The normalized spacial score (nSPS) is 24.2. The summed E-state index contributed by atoms with van der Waals surface area (Å²) in [5.41, 5.74) is -0.655. The Kier molecular flexibility index (Phi) is 3.60. The zero-order valence-electron chi connectivity index (χ0n) is 12.1. The summed E-state index contributed by atoms with van der Waals surface area (Å²) in [6.07, 6.45) is 2.23. The van der Waals surface area contributed by atoms with E-state index >= 15 is 0 Å². The molecule has 0 spiro atoms. The first-order valence-corrected chi connectivity index (χ1v) is 7.51. The van der Waals surface area contributed by atoms with E-state index in [9.17, 15) is 9.50 Å². The van der Waals surface area contributed by atoms with Gasteiger partial charge in [0.05, 0.1) is 10.1 Å². The molecule has 0 radical (unpaired) electrons. The Morgan fingerprint density at radius 3 is 2.11 bits per heavy atom. The lowest BCUT2D eigenvalue weighted by atomic mass is 9.58. The smallest absolute Gasteiger partial charge is 0.143 e. The largest absolute Gasteiger partial charge is 0.385 e. The van der Waals surface area contributed by atoms with Crippen molar-refractivity contribution in [1.82, 2.24) is 0 Å². The number of rotatable bonds is 1. The summed E-state index contributed by atoms with van der Waals surface area (Å²) >= 11 is 3.21.